The molecule has 0 saturated carbocycles. The Morgan fingerprint density at radius 3 is 2.92 bits per heavy atom. The van der Waals surface area contributed by atoms with Crippen LogP contribution in [0.2, 0.25) is 0 Å². The molecule has 24 heavy (non-hydrogen) atoms. The number of nitrogens with one attached hydrogen (secondary N) is 1. The standard InChI is InChI=1S/C18H28N4O2/c1-12(2)16-20-15-14(8-9-19-18(15)23)17(21-16)22(3)10-4-6-13-7-5-11-24-13/h12-13H,4-11H2,1-3H3,(H,19,23). The highest BCUT2D eigenvalue weighted by molar-refractivity contribution is 5.96. The molecule has 132 valence electrons. The Morgan fingerprint density at radius 1 is 1.38 bits per heavy atom. The highest BCUT2D eigenvalue weighted by atomic mass is 16.5. The average molecular weight is 332 g/mol. The van der Waals surface area contributed by atoms with Crippen molar-refractivity contribution in [3.63, 3.8) is 0 Å². The first-order valence-electron chi connectivity index (χ1n) is 9.08. The Bertz CT molecular complexity index is 597. The molecule has 0 bridgehead atoms. The lowest BCUT2D eigenvalue weighted by atomic mass is 10.0. The monoisotopic (exact) mass is 332 g/mol. The largest absolute Gasteiger partial charge is 0.378 e. The van der Waals surface area contributed by atoms with Crippen LogP contribution in [0, 0.1) is 0 Å². The van der Waals surface area contributed by atoms with Crippen LogP contribution in [0.4, 0.5) is 5.82 Å². The number of rotatable bonds is 6. The summed E-state index contributed by atoms with van der Waals surface area (Å²) in [6.45, 7) is 6.61. The second-order valence-corrected chi connectivity index (χ2v) is 7.09. The van der Waals surface area contributed by atoms with Crippen molar-refractivity contribution in [3.8, 4) is 0 Å². The molecule has 0 aromatic carbocycles. The van der Waals surface area contributed by atoms with Crippen LogP contribution >= 0.6 is 0 Å². The van der Waals surface area contributed by atoms with Crippen molar-refractivity contribution in [1.29, 1.82) is 0 Å². The van der Waals surface area contributed by atoms with Gasteiger partial charge in [-0.1, -0.05) is 13.8 Å². The molecular weight excluding hydrogens is 304 g/mol. The van der Waals surface area contributed by atoms with Gasteiger partial charge in [0.25, 0.3) is 5.91 Å². The Kier molecular flexibility index (Phi) is 5.33. The predicted octanol–water partition coefficient (Wildman–Crippen LogP) is 2.28. The molecule has 1 amide bonds. The van der Waals surface area contributed by atoms with Crippen molar-refractivity contribution in [2.75, 3.05) is 31.6 Å². The first-order valence-corrected chi connectivity index (χ1v) is 9.08. The second kappa shape index (κ2) is 7.47. The van der Waals surface area contributed by atoms with Crippen LogP contribution in [0.25, 0.3) is 0 Å². The van der Waals surface area contributed by atoms with E-state index in [0.717, 1.165) is 49.6 Å². The maximum absolute atomic E-state index is 12.2. The van der Waals surface area contributed by atoms with Gasteiger partial charge in [-0.3, -0.25) is 4.79 Å². The SMILES string of the molecule is CC(C)c1nc2c(c(N(C)CCCC3CCCO3)n1)CCNC2=O. The number of fused-ring (bicyclic) bond motifs is 1. The summed E-state index contributed by atoms with van der Waals surface area (Å²) in [6.07, 6.45) is 5.76. The number of amides is 1. The van der Waals surface area contributed by atoms with E-state index in [1.807, 2.05) is 0 Å². The van der Waals surface area contributed by atoms with Gasteiger partial charge in [0.2, 0.25) is 0 Å². The Balaban J connectivity index is 1.76. The van der Waals surface area contributed by atoms with Gasteiger partial charge in [-0.15, -0.1) is 0 Å². The molecule has 0 aliphatic carbocycles. The van der Waals surface area contributed by atoms with Gasteiger partial charge >= 0.3 is 0 Å². The molecule has 2 aliphatic rings. The van der Waals surface area contributed by atoms with Gasteiger partial charge < -0.3 is 15.0 Å². The van der Waals surface area contributed by atoms with Crippen molar-refractivity contribution in [3.05, 3.63) is 17.1 Å². The second-order valence-electron chi connectivity index (χ2n) is 7.09. The summed E-state index contributed by atoms with van der Waals surface area (Å²) in [5.74, 6) is 1.79. The summed E-state index contributed by atoms with van der Waals surface area (Å²) in [5.41, 5.74) is 1.55. The van der Waals surface area contributed by atoms with Crippen molar-refractivity contribution >= 4 is 11.7 Å². The quantitative estimate of drug-likeness (QED) is 0.866. The molecular formula is C18H28N4O2. The van der Waals surface area contributed by atoms with Crippen molar-refractivity contribution < 1.29 is 9.53 Å². The Morgan fingerprint density at radius 2 is 2.21 bits per heavy atom. The molecule has 1 fully saturated rings. The van der Waals surface area contributed by atoms with E-state index in [0.29, 0.717) is 18.3 Å². The third kappa shape index (κ3) is 3.69. The van der Waals surface area contributed by atoms with Gasteiger partial charge in [0.15, 0.2) is 0 Å². The topological polar surface area (TPSA) is 67.3 Å². The number of aromatic nitrogens is 2. The van der Waals surface area contributed by atoms with Crippen molar-refractivity contribution in [2.24, 2.45) is 0 Å². The summed E-state index contributed by atoms with van der Waals surface area (Å²) >= 11 is 0. The number of ether oxygens (including phenoxy) is 1. The van der Waals surface area contributed by atoms with Gasteiger partial charge in [0.05, 0.1) is 6.10 Å². The highest BCUT2D eigenvalue weighted by Crippen LogP contribution is 2.26. The molecule has 2 aliphatic heterocycles. The van der Waals surface area contributed by atoms with Crippen LogP contribution < -0.4 is 10.2 Å². The fourth-order valence-electron chi connectivity index (χ4n) is 3.40. The first kappa shape index (κ1) is 17.1. The number of nitrogens with zero attached hydrogens (tertiary/aromatic N) is 3. The molecule has 0 radical (unpaired) electrons. The van der Waals surface area contributed by atoms with Crippen LogP contribution in [0.5, 0.6) is 0 Å². The molecule has 1 N–H and O–H groups in total. The summed E-state index contributed by atoms with van der Waals surface area (Å²) in [5, 5.41) is 2.89. The molecule has 1 aromatic rings. The van der Waals surface area contributed by atoms with E-state index in [2.05, 4.69) is 36.1 Å². The van der Waals surface area contributed by atoms with E-state index in [1.54, 1.807) is 0 Å². The van der Waals surface area contributed by atoms with Crippen LogP contribution in [-0.2, 0) is 11.2 Å². The minimum atomic E-state index is -0.0745. The Hall–Kier alpha value is -1.69. The smallest absolute Gasteiger partial charge is 0.270 e. The fourth-order valence-corrected chi connectivity index (χ4v) is 3.40. The first-order chi connectivity index (χ1) is 11.6. The molecule has 1 aromatic heterocycles. The highest BCUT2D eigenvalue weighted by Gasteiger charge is 2.26. The van der Waals surface area contributed by atoms with Gasteiger partial charge in [-0.25, -0.2) is 9.97 Å². The zero-order chi connectivity index (χ0) is 17.1. The van der Waals surface area contributed by atoms with E-state index in [1.165, 1.54) is 12.8 Å². The average Bonchev–Trinajstić information content (AvgIpc) is 3.07. The predicted molar refractivity (Wildman–Crippen MR) is 93.6 cm³/mol. The van der Waals surface area contributed by atoms with E-state index < -0.39 is 0 Å². The number of carbonyl (C=O) groups is 1. The summed E-state index contributed by atoms with van der Waals surface area (Å²) in [6, 6.07) is 0. The molecule has 1 unspecified atom stereocenters. The van der Waals surface area contributed by atoms with E-state index in [4.69, 9.17) is 9.72 Å². The molecule has 6 nitrogen and oxygen atoms in total. The fraction of sp³-hybridized carbons (Fsp3) is 0.722. The minimum absolute atomic E-state index is 0.0745. The number of carbonyl (C=O) groups excluding carboxylic acids is 1. The van der Waals surface area contributed by atoms with E-state index in [9.17, 15) is 4.79 Å². The van der Waals surface area contributed by atoms with Crippen LogP contribution in [0.1, 0.15) is 67.3 Å². The zero-order valence-electron chi connectivity index (χ0n) is 15.0. The number of hydrogen-bond donors (Lipinski definition) is 1. The minimum Gasteiger partial charge on any atom is -0.378 e. The summed E-state index contributed by atoms with van der Waals surface area (Å²) in [7, 11) is 2.06. The van der Waals surface area contributed by atoms with Crippen molar-refractivity contribution in [1.82, 2.24) is 15.3 Å². The lowest BCUT2D eigenvalue weighted by Gasteiger charge is -2.26. The van der Waals surface area contributed by atoms with E-state index >= 15 is 0 Å². The summed E-state index contributed by atoms with van der Waals surface area (Å²) < 4.78 is 5.70. The molecule has 6 heteroatoms. The van der Waals surface area contributed by atoms with Crippen LogP contribution in [0.3, 0.4) is 0 Å². The maximum atomic E-state index is 12.2. The molecule has 0 spiro atoms. The number of hydrogen-bond acceptors (Lipinski definition) is 5. The van der Waals surface area contributed by atoms with Crippen molar-refractivity contribution in [2.45, 2.75) is 58.0 Å². The lowest BCUT2D eigenvalue weighted by molar-refractivity contribution is 0.0940. The van der Waals surface area contributed by atoms with Gasteiger partial charge in [-0.05, 0) is 32.1 Å². The third-order valence-corrected chi connectivity index (χ3v) is 4.80. The molecule has 3 heterocycles. The molecule has 1 saturated heterocycles. The van der Waals surface area contributed by atoms with Crippen LogP contribution in [0.15, 0.2) is 0 Å². The number of anilines is 1. The zero-order valence-corrected chi connectivity index (χ0v) is 15.0. The van der Waals surface area contributed by atoms with Gasteiger partial charge in [0, 0.05) is 38.2 Å². The normalized spacial score (nSPS) is 20.2. The third-order valence-electron chi connectivity index (χ3n) is 4.80. The van der Waals surface area contributed by atoms with Gasteiger partial charge in [0.1, 0.15) is 17.3 Å². The molecule has 3 rings (SSSR count). The maximum Gasteiger partial charge on any atom is 0.270 e. The molecule has 1 atom stereocenters. The van der Waals surface area contributed by atoms with E-state index in [-0.39, 0.29) is 11.8 Å². The Labute approximate surface area is 144 Å². The van der Waals surface area contributed by atoms with Gasteiger partial charge in [-0.2, -0.15) is 0 Å². The summed E-state index contributed by atoms with van der Waals surface area (Å²) in [4.78, 5) is 23.7. The lowest BCUT2D eigenvalue weighted by Crippen LogP contribution is -2.35. The van der Waals surface area contributed by atoms with Crippen LogP contribution in [-0.4, -0.2) is 48.7 Å².